The van der Waals surface area contributed by atoms with Crippen LogP contribution in [0, 0.1) is 0 Å². The first-order valence-electron chi connectivity index (χ1n) is 4.94. The van der Waals surface area contributed by atoms with Gasteiger partial charge in [0, 0.05) is 13.1 Å². The maximum absolute atomic E-state index is 10.0. The predicted molar refractivity (Wildman–Crippen MR) is 48.1 cm³/mol. The molecule has 0 aromatic rings. The second-order valence-corrected chi connectivity index (χ2v) is 4.13. The minimum absolute atomic E-state index is 0.426. The first kappa shape index (κ1) is 8.48. The maximum Gasteiger partial charge on any atom is 0.0909 e. The Morgan fingerprint density at radius 2 is 2.08 bits per heavy atom. The van der Waals surface area contributed by atoms with Gasteiger partial charge in [0.1, 0.15) is 0 Å². The number of nitrogens with one attached hydrogen (secondary N) is 1. The summed E-state index contributed by atoms with van der Waals surface area (Å²) in [7, 11) is 0. The standard InChI is InChI=1S/C9H18N2O/c12-9(3-4-10-7-9)8-11-5-1-2-6-11/h10,12H,1-8H2/t9-/m0/s1. The van der Waals surface area contributed by atoms with E-state index >= 15 is 0 Å². The highest BCUT2D eigenvalue weighted by molar-refractivity contribution is 4.91. The van der Waals surface area contributed by atoms with Gasteiger partial charge in [0.25, 0.3) is 0 Å². The van der Waals surface area contributed by atoms with Crippen LogP contribution in [-0.4, -0.2) is 48.3 Å². The van der Waals surface area contributed by atoms with Crippen molar-refractivity contribution in [2.75, 3.05) is 32.7 Å². The van der Waals surface area contributed by atoms with Crippen LogP contribution in [0.1, 0.15) is 19.3 Å². The van der Waals surface area contributed by atoms with Gasteiger partial charge in [-0.1, -0.05) is 0 Å². The Morgan fingerprint density at radius 3 is 2.67 bits per heavy atom. The van der Waals surface area contributed by atoms with Gasteiger partial charge in [-0.3, -0.25) is 0 Å². The number of likely N-dealkylation sites (tertiary alicyclic amines) is 1. The Balaban J connectivity index is 1.83. The van der Waals surface area contributed by atoms with E-state index in [0.29, 0.717) is 0 Å². The Labute approximate surface area is 73.8 Å². The zero-order chi connectivity index (χ0) is 8.44. The van der Waals surface area contributed by atoms with Crippen molar-refractivity contribution in [1.29, 1.82) is 0 Å². The normalized spacial score (nSPS) is 37.8. The average molecular weight is 170 g/mol. The zero-order valence-electron chi connectivity index (χ0n) is 7.55. The summed E-state index contributed by atoms with van der Waals surface area (Å²) in [5.74, 6) is 0. The first-order chi connectivity index (χ1) is 5.79. The van der Waals surface area contributed by atoms with E-state index in [1.165, 1.54) is 25.9 Å². The molecule has 12 heavy (non-hydrogen) atoms. The smallest absolute Gasteiger partial charge is 0.0909 e. The molecule has 2 fully saturated rings. The molecule has 3 nitrogen and oxygen atoms in total. The molecule has 0 bridgehead atoms. The third-order valence-corrected chi connectivity index (χ3v) is 2.94. The monoisotopic (exact) mass is 170 g/mol. The molecule has 70 valence electrons. The van der Waals surface area contributed by atoms with Crippen LogP contribution < -0.4 is 5.32 Å². The van der Waals surface area contributed by atoms with Gasteiger partial charge in [-0.15, -0.1) is 0 Å². The van der Waals surface area contributed by atoms with Crippen LogP contribution in [0.25, 0.3) is 0 Å². The number of nitrogens with zero attached hydrogens (tertiary/aromatic N) is 1. The van der Waals surface area contributed by atoms with Crippen molar-refractivity contribution in [2.24, 2.45) is 0 Å². The van der Waals surface area contributed by atoms with Gasteiger partial charge in [-0.2, -0.15) is 0 Å². The number of hydrogen-bond donors (Lipinski definition) is 2. The van der Waals surface area contributed by atoms with E-state index in [0.717, 1.165) is 26.1 Å². The van der Waals surface area contributed by atoms with Crippen molar-refractivity contribution in [3.05, 3.63) is 0 Å². The van der Waals surface area contributed by atoms with Crippen LogP contribution in [0.2, 0.25) is 0 Å². The molecule has 2 rings (SSSR count). The molecule has 2 N–H and O–H groups in total. The zero-order valence-corrected chi connectivity index (χ0v) is 7.55. The highest BCUT2D eigenvalue weighted by atomic mass is 16.3. The van der Waals surface area contributed by atoms with Gasteiger partial charge in [0.2, 0.25) is 0 Å². The van der Waals surface area contributed by atoms with Gasteiger partial charge >= 0.3 is 0 Å². The van der Waals surface area contributed by atoms with Crippen LogP contribution in [0.5, 0.6) is 0 Å². The number of hydrogen-bond acceptors (Lipinski definition) is 3. The van der Waals surface area contributed by atoms with Crippen molar-refractivity contribution < 1.29 is 5.11 Å². The summed E-state index contributed by atoms with van der Waals surface area (Å²) in [6.07, 6.45) is 3.54. The van der Waals surface area contributed by atoms with Crippen molar-refractivity contribution in [3.63, 3.8) is 0 Å². The average Bonchev–Trinajstić information content (AvgIpc) is 2.62. The molecule has 1 atom stereocenters. The molecule has 3 heteroatoms. The lowest BCUT2D eigenvalue weighted by Crippen LogP contribution is -2.43. The molecule has 0 aliphatic carbocycles. The lowest BCUT2D eigenvalue weighted by Gasteiger charge is -2.27. The topological polar surface area (TPSA) is 35.5 Å². The molecule has 0 aromatic carbocycles. The van der Waals surface area contributed by atoms with Gasteiger partial charge < -0.3 is 15.3 Å². The van der Waals surface area contributed by atoms with Crippen molar-refractivity contribution in [1.82, 2.24) is 10.2 Å². The Hall–Kier alpha value is -0.120. The maximum atomic E-state index is 10.0. The predicted octanol–water partition coefficient (Wildman–Crippen LogP) is -0.193. The summed E-state index contributed by atoms with van der Waals surface area (Å²) in [4.78, 5) is 2.38. The molecule has 2 aliphatic rings. The Morgan fingerprint density at radius 1 is 1.33 bits per heavy atom. The quantitative estimate of drug-likeness (QED) is 0.603. The second-order valence-electron chi connectivity index (χ2n) is 4.13. The molecule has 0 unspecified atom stereocenters. The van der Waals surface area contributed by atoms with Gasteiger partial charge in [0.15, 0.2) is 0 Å². The van der Waals surface area contributed by atoms with Crippen molar-refractivity contribution in [3.8, 4) is 0 Å². The lowest BCUT2D eigenvalue weighted by molar-refractivity contribution is 0.0277. The fourth-order valence-electron chi connectivity index (χ4n) is 2.22. The molecular weight excluding hydrogens is 152 g/mol. The van der Waals surface area contributed by atoms with Crippen LogP contribution in [0.3, 0.4) is 0 Å². The summed E-state index contributed by atoms with van der Waals surface area (Å²) < 4.78 is 0. The third kappa shape index (κ3) is 1.79. The van der Waals surface area contributed by atoms with Gasteiger partial charge in [-0.25, -0.2) is 0 Å². The van der Waals surface area contributed by atoms with Crippen molar-refractivity contribution in [2.45, 2.75) is 24.9 Å². The number of aliphatic hydroxyl groups is 1. The van der Waals surface area contributed by atoms with Crippen LogP contribution in [0.4, 0.5) is 0 Å². The third-order valence-electron chi connectivity index (χ3n) is 2.94. The summed E-state index contributed by atoms with van der Waals surface area (Å²) >= 11 is 0. The summed E-state index contributed by atoms with van der Waals surface area (Å²) in [6.45, 7) is 5.00. The number of β-amino-alcohol motifs (C(OH)–C–C–N with tert-alkyl or cyclic N) is 1. The number of rotatable bonds is 2. The van der Waals surface area contributed by atoms with Crippen LogP contribution in [0.15, 0.2) is 0 Å². The highest BCUT2D eigenvalue weighted by Crippen LogP contribution is 2.18. The van der Waals surface area contributed by atoms with Gasteiger partial charge in [-0.05, 0) is 38.9 Å². The first-order valence-corrected chi connectivity index (χ1v) is 4.94. The van der Waals surface area contributed by atoms with Crippen LogP contribution in [-0.2, 0) is 0 Å². The minimum atomic E-state index is -0.426. The molecule has 0 radical (unpaired) electrons. The lowest BCUT2D eigenvalue weighted by atomic mass is 10.0. The summed E-state index contributed by atoms with van der Waals surface area (Å²) in [5.41, 5.74) is -0.426. The molecule has 0 amide bonds. The van der Waals surface area contributed by atoms with Gasteiger partial charge in [0.05, 0.1) is 5.60 Å². The molecule has 2 saturated heterocycles. The summed E-state index contributed by atoms with van der Waals surface area (Å²) in [5, 5.41) is 13.3. The van der Waals surface area contributed by atoms with E-state index in [-0.39, 0.29) is 0 Å². The fourth-order valence-corrected chi connectivity index (χ4v) is 2.22. The molecule has 2 heterocycles. The van der Waals surface area contributed by atoms with E-state index in [9.17, 15) is 5.11 Å². The highest BCUT2D eigenvalue weighted by Gasteiger charge is 2.33. The molecule has 0 spiro atoms. The minimum Gasteiger partial charge on any atom is -0.387 e. The van der Waals surface area contributed by atoms with E-state index in [4.69, 9.17) is 0 Å². The largest absolute Gasteiger partial charge is 0.387 e. The molecule has 0 aromatic heterocycles. The molecule has 2 aliphatic heterocycles. The Bertz CT molecular complexity index is 149. The van der Waals surface area contributed by atoms with E-state index in [2.05, 4.69) is 10.2 Å². The summed E-state index contributed by atoms with van der Waals surface area (Å²) in [6, 6.07) is 0. The van der Waals surface area contributed by atoms with E-state index in [1.807, 2.05) is 0 Å². The molecule has 0 saturated carbocycles. The molecular formula is C9H18N2O. The second kappa shape index (κ2) is 3.32. The SMILES string of the molecule is O[C@@]1(CN2CCCC2)CCNC1. The van der Waals surface area contributed by atoms with Crippen LogP contribution >= 0.6 is 0 Å². The fraction of sp³-hybridized carbons (Fsp3) is 1.00. The van der Waals surface area contributed by atoms with Crippen molar-refractivity contribution >= 4 is 0 Å². The van der Waals surface area contributed by atoms with E-state index < -0.39 is 5.60 Å². The Kier molecular flexibility index (Phi) is 2.35. The van der Waals surface area contributed by atoms with E-state index in [1.54, 1.807) is 0 Å².